The summed E-state index contributed by atoms with van der Waals surface area (Å²) >= 11 is 5.84. The van der Waals surface area contributed by atoms with Gasteiger partial charge in [-0.2, -0.15) is 0 Å². The number of rotatable bonds is 8. The third-order valence-electron chi connectivity index (χ3n) is 4.53. The first-order valence-corrected chi connectivity index (χ1v) is 9.50. The number of nitrogens with zero attached hydrogens (tertiary/aromatic N) is 1. The predicted octanol–water partition coefficient (Wildman–Crippen LogP) is 3.30. The molecule has 1 aromatic carbocycles. The van der Waals surface area contributed by atoms with E-state index in [2.05, 4.69) is 10.6 Å². The van der Waals surface area contributed by atoms with Crippen molar-refractivity contribution < 1.29 is 9.59 Å². The molecule has 2 rings (SSSR count). The van der Waals surface area contributed by atoms with Crippen LogP contribution in [0, 0.1) is 5.92 Å². The summed E-state index contributed by atoms with van der Waals surface area (Å²) in [7, 11) is 0. The molecule has 2 N–H and O–H groups in total. The topological polar surface area (TPSA) is 61.4 Å². The van der Waals surface area contributed by atoms with Crippen LogP contribution in [0.2, 0.25) is 5.02 Å². The zero-order valence-corrected chi connectivity index (χ0v) is 15.6. The Morgan fingerprint density at radius 3 is 2.56 bits per heavy atom. The maximum atomic E-state index is 12.5. The molecule has 1 aliphatic heterocycles. The normalized spacial score (nSPS) is 15.0. The number of piperidine rings is 1. The van der Waals surface area contributed by atoms with Crippen LogP contribution in [0.3, 0.4) is 0 Å². The van der Waals surface area contributed by atoms with Crippen LogP contribution in [-0.2, 0) is 9.59 Å². The molecule has 0 aromatic heterocycles. The van der Waals surface area contributed by atoms with Crippen molar-refractivity contribution in [2.45, 2.75) is 39.0 Å². The van der Waals surface area contributed by atoms with Crippen molar-refractivity contribution in [3.63, 3.8) is 0 Å². The Morgan fingerprint density at radius 2 is 1.92 bits per heavy atom. The van der Waals surface area contributed by atoms with Crippen molar-refractivity contribution in [3.8, 4) is 0 Å². The Kier molecular flexibility index (Phi) is 8.22. The summed E-state index contributed by atoms with van der Waals surface area (Å²) in [6.07, 6.45) is 4.56. The van der Waals surface area contributed by atoms with Crippen LogP contribution in [0.15, 0.2) is 24.3 Å². The molecule has 0 radical (unpaired) electrons. The molecule has 2 amide bonds. The summed E-state index contributed by atoms with van der Waals surface area (Å²) in [6.45, 7) is 4.81. The Labute approximate surface area is 155 Å². The zero-order chi connectivity index (χ0) is 18.1. The predicted molar refractivity (Wildman–Crippen MR) is 102 cm³/mol. The first kappa shape index (κ1) is 19.7. The number of hydrogen-bond acceptors (Lipinski definition) is 3. The fraction of sp³-hybridized carbons (Fsp3) is 0.579. The summed E-state index contributed by atoms with van der Waals surface area (Å²) in [5.41, 5.74) is 0.688. The Morgan fingerprint density at radius 1 is 1.24 bits per heavy atom. The van der Waals surface area contributed by atoms with E-state index in [1.807, 2.05) is 6.92 Å². The second-order valence-corrected chi connectivity index (χ2v) is 7.04. The van der Waals surface area contributed by atoms with Crippen LogP contribution in [0.25, 0.3) is 0 Å². The first-order valence-electron chi connectivity index (χ1n) is 9.12. The minimum Gasteiger partial charge on any atom is -0.333 e. The van der Waals surface area contributed by atoms with E-state index in [0.29, 0.717) is 29.6 Å². The maximum absolute atomic E-state index is 12.5. The number of benzene rings is 1. The quantitative estimate of drug-likeness (QED) is 0.743. The number of halogens is 1. The molecule has 5 nitrogen and oxygen atoms in total. The van der Waals surface area contributed by atoms with E-state index in [1.165, 1.54) is 0 Å². The number of nitrogens with one attached hydrogen (secondary N) is 2. The highest BCUT2D eigenvalue weighted by molar-refractivity contribution is 6.30. The van der Waals surface area contributed by atoms with Crippen molar-refractivity contribution in [2.24, 2.45) is 5.92 Å². The SMILES string of the molecule is CCCN(CC(=O)Nc1ccc(Cl)cc1)C(=O)CCC1CCNCC1. The standard InChI is InChI=1S/C19H28ClN3O2/c1-2-13-23(19(25)8-3-15-9-11-21-12-10-15)14-18(24)22-17-6-4-16(20)5-7-17/h4-7,15,21H,2-3,8-14H2,1H3,(H,22,24). The Bertz CT molecular complexity index is 556. The lowest BCUT2D eigenvalue weighted by atomic mass is 9.93. The second-order valence-electron chi connectivity index (χ2n) is 6.60. The van der Waals surface area contributed by atoms with Crippen molar-refractivity contribution in [1.82, 2.24) is 10.2 Å². The molecule has 1 aromatic rings. The number of amides is 2. The molecule has 0 aliphatic carbocycles. The third-order valence-corrected chi connectivity index (χ3v) is 4.79. The van der Waals surface area contributed by atoms with Crippen molar-refractivity contribution in [2.75, 3.05) is 31.5 Å². The number of carbonyl (C=O) groups is 2. The van der Waals surface area contributed by atoms with Gasteiger partial charge >= 0.3 is 0 Å². The molecule has 25 heavy (non-hydrogen) atoms. The van der Waals surface area contributed by atoms with Gasteiger partial charge in [0.2, 0.25) is 11.8 Å². The number of anilines is 1. The van der Waals surface area contributed by atoms with Crippen LogP contribution in [0.4, 0.5) is 5.69 Å². The average molecular weight is 366 g/mol. The molecule has 6 heteroatoms. The lowest BCUT2D eigenvalue weighted by molar-refractivity contribution is -0.135. The van der Waals surface area contributed by atoms with Gasteiger partial charge < -0.3 is 15.5 Å². The summed E-state index contributed by atoms with van der Waals surface area (Å²) in [4.78, 5) is 26.4. The average Bonchev–Trinajstić information content (AvgIpc) is 2.62. The van der Waals surface area contributed by atoms with Gasteiger partial charge in [0.1, 0.15) is 0 Å². The summed E-state index contributed by atoms with van der Waals surface area (Å²) in [5, 5.41) is 6.78. The summed E-state index contributed by atoms with van der Waals surface area (Å²) in [6, 6.07) is 6.96. The van der Waals surface area contributed by atoms with Crippen LogP contribution in [0.1, 0.15) is 39.0 Å². The molecule has 138 valence electrons. The lowest BCUT2D eigenvalue weighted by Crippen LogP contribution is -2.39. The largest absolute Gasteiger partial charge is 0.333 e. The minimum absolute atomic E-state index is 0.0756. The van der Waals surface area contributed by atoms with Gasteiger partial charge in [0, 0.05) is 23.7 Å². The highest BCUT2D eigenvalue weighted by Crippen LogP contribution is 2.18. The zero-order valence-electron chi connectivity index (χ0n) is 14.9. The van der Waals surface area contributed by atoms with E-state index >= 15 is 0 Å². The van der Waals surface area contributed by atoms with Gasteiger partial charge in [0.25, 0.3) is 0 Å². The van der Waals surface area contributed by atoms with E-state index in [9.17, 15) is 9.59 Å². The fourth-order valence-electron chi connectivity index (χ4n) is 3.13. The molecular formula is C19H28ClN3O2. The summed E-state index contributed by atoms with van der Waals surface area (Å²) in [5.74, 6) is 0.522. The lowest BCUT2D eigenvalue weighted by Gasteiger charge is -2.25. The van der Waals surface area contributed by atoms with E-state index in [0.717, 1.165) is 38.8 Å². The summed E-state index contributed by atoms with van der Waals surface area (Å²) < 4.78 is 0. The van der Waals surface area contributed by atoms with Gasteiger partial charge in [-0.15, -0.1) is 0 Å². The monoisotopic (exact) mass is 365 g/mol. The molecule has 0 saturated carbocycles. The minimum atomic E-state index is -0.175. The highest BCUT2D eigenvalue weighted by Gasteiger charge is 2.19. The van der Waals surface area contributed by atoms with Crippen molar-refractivity contribution in [1.29, 1.82) is 0 Å². The molecule has 0 atom stereocenters. The van der Waals surface area contributed by atoms with Crippen LogP contribution in [0.5, 0.6) is 0 Å². The molecule has 0 unspecified atom stereocenters. The van der Waals surface area contributed by atoms with Gasteiger partial charge in [-0.1, -0.05) is 18.5 Å². The third kappa shape index (κ3) is 7.04. The second kappa shape index (κ2) is 10.4. The number of hydrogen-bond donors (Lipinski definition) is 2. The van der Waals surface area contributed by atoms with E-state index in [1.54, 1.807) is 29.2 Å². The van der Waals surface area contributed by atoms with Gasteiger partial charge in [-0.3, -0.25) is 9.59 Å². The maximum Gasteiger partial charge on any atom is 0.243 e. The van der Waals surface area contributed by atoms with E-state index in [-0.39, 0.29) is 18.4 Å². The van der Waals surface area contributed by atoms with Crippen LogP contribution in [-0.4, -0.2) is 42.9 Å². The van der Waals surface area contributed by atoms with Gasteiger partial charge in [0.05, 0.1) is 6.54 Å². The Hall–Kier alpha value is -1.59. The molecule has 0 spiro atoms. The molecule has 1 heterocycles. The van der Waals surface area contributed by atoms with E-state index < -0.39 is 0 Å². The fourth-order valence-corrected chi connectivity index (χ4v) is 3.25. The van der Waals surface area contributed by atoms with Crippen LogP contribution >= 0.6 is 11.6 Å². The molecular weight excluding hydrogens is 338 g/mol. The highest BCUT2D eigenvalue weighted by atomic mass is 35.5. The molecule has 1 fully saturated rings. The molecule has 0 bridgehead atoms. The first-order chi connectivity index (χ1) is 12.1. The van der Waals surface area contributed by atoms with Gasteiger partial charge in [-0.25, -0.2) is 0 Å². The Balaban J connectivity index is 1.82. The number of carbonyl (C=O) groups excluding carboxylic acids is 2. The van der Waals surface area contributed by atoms with Crippen molar-refractivity contribution in [3.05, 3.63) is 29.3 Å². The smallest absolute Gasteiger partial charge is 0.243 e. The van der Waals surface area contributed by atoms with Gasteiger partial charge in [0.15, 0.2) is 0 Å². The molecule has 1 aliphatic rings. The van der Waals surface area contributed by atoms with Crippen LogP contribution < -0.4 is 10.6 Å². The molecule has 1 saturated heterocycles. The van der Waals surface area contributed by atoms with Crippen molar-refractivity contribution >= 4 is 29.1 Å². The van der Waals surface area contributed by atoms with E-state index in [4.69, 9.17) is 11.6 Å². The van der Waals surface area contributed by atoms with Gasteiger partial charge in [-0.05, 0) is 69.0 Å².